The number of thioether (sulfide) groups is 1. The molecule has 0 aliphatic rings. The standard InChI is InChI=1S/C14H14N2OS/c1-11-8-9-14(17)16(15-11)13(10-18-2)12-6-4-3-5-7-12/h3-10H,1-2H3. The molecule has 18 heavy (non-hydrogen) atoms. The highest BCUT2D eigenvalue weighted by Gasteiger charge is 2.07. The van der Waals surface area contributed by atoms with Crippen molar-refractivity contribution in [2.45, 2.75) is 6.92 Å². The third kappa shape index (κ3) is 2.71. The maximum Gasteiger partial charge on any atom is 0.271 e. The molecular weight excluding hydrogens is 244 g/mol. The van der Waals surface area contributed by atoms with Crippen molar-refractivity contribution in [3.8, 4) is 0 Å². The van der Waals surface area contributed by atoms with E-state index in [2.05, 4.69) is 5.10 Å². The zero-order valence-corrected chi connectivity index (χ0v) is 11.1. The lowest BCUT2D eigenvalue weighted by Crippen LogP contribution is -2.22. The van der Waals surface area contributed by atoms with Gasteiger partial charge in [-0.1, -0.05) is 30.3 Å². The zero-order chi connectivity index (χ0) is 13.0. The van der Waals surface area contributed by atoms with Crippen LogP contribution in [0.5, 0.6) is 0 Å². The second kappa shape index (κ2) is 5.69. The van der Waals surface area contributed by atoms with Crippen LogP contribution in [0.15, 0.2) is 52.7 Å². The summed E-state index contributed by atoms with van der Waals surface area (Å²) in [7, 11) is 0. The van der Waals surface area contributed by atoms with Crippen LogP contribution in [-0.2, 0) is 0 Å². The average molecular weight is 258 g/mol. The summed E-state index contributed by atoms with van der Waals surface area (Å²) in [6.45, 7) is 1.87. The molecule has 1 heterocycles. The molecule has 0 aliphatic carbocycles. The second-order valence-corrected chi connectivity index (χ2v) is 4.54. The van der Waals surface area contributed by atoms with E-state index in [1.165, 1.54) is 4.68 Å². The molecule has 0 N–H and O–H groups in total. The van der Waals surface area contributed by atoms with Crippen molar-refractivity contribution in [3.63, 3.8) is 0 Å². The summed E-state index contributed by atoms with van der Waals surface area (Å²) in [5.74, 6) is 0. The van der Waals surface area contributed by atoms with Gasteiger partial charge in [0.2, 0.25) is 0 Å². The first-order valence-corrected chi connectivity index (χ1v) is 6.87. The number of aryl methyl sites for hydroxylation is 1. The van der Waals surface area contributed by atoms with Crippen molar-refractivity contribution in [1.29, 1.82) is 0 Å². The number of benzene rings is 1. The van der Waals surface area contributed by atoms with E-state index in [1.807, 2.05) is 48.9 Å². The molecule has 1 aromatic heterocycles. The maximum atomic E-state index is 11.9. The Morgan fingerprint density at radius 1 is 1.22 bits per heavy atom. The fraction of sp³-hybridized carbons (Fsp3) is 0.143. The topological polar surface area (TPSA) is 34.9 Å². The first kappa shape index (κ1) is 12.6. The summed E-state index contributed by atoms with van der Waals surface area (Å²) in [6, 6.07) is 13.1. The van der Waals surface area contributed by atoms with Gasteiger partial charge in [0.05, 0.1) is 11.4 Å². The van der Waals surface area contributed by atoms with Crippen molar-refractivity contribution in [1.82, 2.24) is 9.78 Å². The Morgan fingerprint density at radius 2 is 1.94 bits per heavy atom. The SMILES string of the molecule is CSC=C(c1ccccc1)n1nc(C)ccc1=O. The van der Waals surface area contributed by atoms with Crippen LogP contribution in [-0.4, -0.2) is 16.0 Å². The number of hydrogen-bond acceptors (Lipinski definition) is 3. The zero-order valence-electron chi connectivity index (χ0n) is 10.3. The Hall–Kier alpha value is -1.81. The Balaban J connectivity index is 2.60. The van der Waals surface area contributed by atoms with E-state index >= 15 is 0 Å². The predicted octanol–water partition coefficient (Wildman–Crippen LogP) is 2.76. The van der Waals surface area contributed by atoms with E-state index in [0.29, 0.717) is 0 Å². The van der Waals surface area contributed by atoms with Crippen LogP contribution in [0, 0.1) is 6.92 Å². The van der Waals surface area contributed by atoms with Crippen molar-refractivity contribution in [3.05, 3.63) is 69.5 Å². The largest absolute Gasteiger partial charge is 0.271 e. The summed E-state index contributed by atoms with van der Waals surface area (Å²) >= 11 is 1.55. The molecule has 0 unspecified atom stereocenters. The van der Waals surface area contributed by atoms with Gasteiger partial charge >= 0.3 is 0 Å². The van der Waals surface area contributed by atoms with E-state index in [0.717, 1.165) is 17.0 Å². The summed E-state index contributed by atoms with van der Waals surface area (Å²) in [4.78, 5) is 11.9. The Bertz CT molecular complexity index is 617. The summed E-state index contributed by atoms with van der Waals surface area (Å²) in [5, 5.41) is 6.22. The van der Waals surface area contributed by atoms with Crippen LogP contribution in [0.1, 0.15) is 11.3 Å². The van der Waals surface area contributed by atoms with Crippen LogP contribution >= 0.6 is 11.8 Å². The van der Waals surface area contributed by atoms with E-state index in [-0.39, 0.29) is 5.56 Å². The van der Waals surface area contributed by atoms with E-state index < -0.39 is 0 Å². The Morgan fingerprint density at radius 3 is 2.61 bits per heavy atom. The fourth-order valence-corrected chi connectivity index (χ4v) is 2.10. The lowest BCUT2D eigenvalue weighted by molar-refractivity contribution is 0.805. The molecule has 2 rings (SSSR count). The van der Waals surface area contributed by atoms with Gasteiger partial charge in [0.25, 0.3) is 5.56 Å². The van der Waals surface area contributed by atoms with Gasteiger partial charge in [0.15, 0.2) is 0 Å². The van der Waals surface area contributed by atoms with Crippen LogP contribution in [0.2, 0.25) is 0 Å². The number of hydrogen-bond donors (Lipinski definition) is 0. The molecule has 0 fully saturated rings. The van der Waals surface area contributed by atoms with Gasteiger partial charge in [-0.2, -0.15) is 9.78 Å². The normalized spacial score (nSPS) is 11.6. The molecule has 0 saturated carbocycles. The molecule has 0 aliphatic heterocycles. The van der Waals surface area contributed by atoms with E-state index in [4.69, 9.17) is 0 Å². The minimum atomic E-state index is -0.121. The van der Waals surface area contributed by atoms with Crippen LogP contribution in [0.3, 0.4) is 0 Å². The Labute approximate surface area is 110 Å². The highest BCUT2D eigenvalue weighted by atomic mass is 32.2. The van der Waals surface area contributed by atoms with Gasteiger partial charge in [0, 0.05) is 11.6 Å². The first-order valence-electron chi connectivity index (χ1n) is 5.58. The quantitative estimate of drug-likeness (QED) is 0.849. The summed E-state index contributed by atoms with van der Waals surface area (Å²) in [5.41, 5.74) is 2.48. The van der Waals surface area contributed by atoms with Gasteiger partial charge in [-0.3, -0.25) is 4.79 Å². The minimum absolute atomic E-state index is 0.121. The maximum absolute atomic E-state index is 11.9. The fourth-order valence-electron chi connectivity index (χ4n) is 1.64. The molecule has 4 heteroatoms. The third-order valence-corrected chi connectivity index (χ3v) is 2.92. The smallest absolute Gasteiger partial charge is 0.267 e. The van der Waals surface area contributed by atoms with Crippen LogP contribution in [0.4, 0.5) is 0 Å². The van der Waals surface area contributed by atoms with Crippen molar-refractivity contribution in [2.75, 3.05) is 6.26 Å². The van der Waals surface area contributed by atoms with Crippen molar-refractivity contribution >= 4 is 17.5 Å². The van der Waals surface area contributed by atoms with Crippen molar-refractivity contribution in [2.24, 2.45) is 0 Å². The Kier molecular flexibility index (Phi) is 3.99. The highest BCUT2D eigenvalue weighted by Crippen LogP contribution is 2.17. The van der Waals surface area contributed by atoms with E-state index in [9.17, 15) is 4.79 Å². The molecule has 0 atom stereocenters. The lowest BCUT2D eigenvalue weighted by atomic mass is 10.2. The number of aromatic nitrogens is 2. The lowest BCUT2D eigenvalue weighted by Gasteiger charge is -2.09. The molecule has 0 saturated heterocycles. The predicted molar refractivity (Wildman–Crippen MR) is 76.6 cm³/mol. The summed E-state index contributed by atoms with van der Waals surface area (Å²) in [6.07, 6.45) is 1.96. The van der Waals surface area contributed by atoms with Gasteiger partial charge < -0.3 is 0 Å². The number of rotatable bonds is 3. The molecule has 2 aromatic rings. The molecule has 3 nitrogen and oxygen atoms in total. The molecule has 0 radical (unpaired) electrons. The second-order valence-electron chi connectivity index (χ2n) is 3.83. The molecular formula is C14H14N2OS. The van der Waals surface area contributed by atoms with Crippen LogP contribution in [0.25, 0.3) is 5.70 Å². The van der Waals surface area contributed by atoms with Gasteiger partial charge in [-0.15, -0.1) is 11.8 Å². The molecule has 0 spiro atoms. The molecule has 0 amide bonds. The number of nitrogens with zero attached hydrogens (tertiary/aromatic N) is 2. The van der Waals surface area contributed by atoms with Gasteiger partial charge in [0.1, 0.15) is 0 Å². The van der Waals surface area contributed by atoms with Gasteiger partial charge in [-0.25, -0.2) is 0 Å². The minimum Gasteiger partial charge on any atom is -0.267 e. The molecule has 92 valence electrons. The molecule has 0 bridgehead atoms. The van der Waals surface area contributed by atoms with Gasteiger partial charge in [-0.05, 0) is 24.7 Å². The van der Waals surface area contributed by atoms with Crippen LogP contribution < -0.4 is 5.56 Å². The van der Waals surface area contributed by atoms with Crippen molar-refractivity contribution < 1.29 is 0 Å². The van der Waals surface area contributed by atoms with E-state index in [1.54, 1.807) is 23.9 Å². The first-order chi connectivity index (χ1) is 8.72. The summed E-state index contributed by atoms with van der Waals surface area (Å²) < 4.78 is 1.45. The highest BCUT2D eigenvalue weighted by molar-refractivity contribution is 8.01. The monoisotopic (exact) mass is 258 g/mol. The third-order valence-electron chi connectivity index (χ3n) is 2.46. The molecule has 1 aromatic carbocycles. The average Bonchev–Trinajstić information content (AvgIpc) is 2.40.